The fourth-order valence-electron chi connectivity index (χ4n) is 2.10. The molecule has 2 aromatic rings. The van der Waals surface area contributed by atoms with Crippen LogP contribution in [0.15, 0.2) is 48.5 Å². The van der Waals surface area contributed by atoms with E-state index < -0.39 is 5.97 Å². The average Bonchev–Trinajstić information content (AvgIpc) is 2.49. The van der Waals surface area contributed by atoms with Gasteiger partial charge in [0.1, 0.15) is 0 Å². The molecule has 0 fully saturated rings. The number of hydrogen-bond donors (Lipinski definition) is 1. The predicted molar refractivity (Wildman–Crippen MR) is 80.0 cm³/mol. The van der Waals surface area contributed by atoms with Gasteiger partial charge in [-0.15, -0.1) is 0 Å². The van der Waals surface area contributed by atoms with E-state index in [1.54, 1.807) is 25.3 Å². The maximum absolute atomic E-state index is 10.9. The van der Waals surface area contributed by atoms with Crippen molar-refractivity contribution >= 4 is 5.97 Å². The molecule has 0 aliphatic heterocycles. The van der Waals surface area contributed by atoms with E-state index in [4.69, 9.17) is 14.6 Å². The maximum Gasteiger partial charge on any atom is 0.307 e. The van der Waals surface area contributed by atoms with Gasteiger partial charge in [-0.1, -0.05) is 42.5 Å². The van der Waals surface area contributed by atoms with E-state index in [9.17, 15) is 4.79 Å². The van der Waals surface area contributed by atoms with E-state index in [2.05, 4.69) is 0 Å². The third-order valence-electron chi connectivity index (χ3n) is 3.10. The van der Waals surface area contributed by atoms with Crippen LogP contribution in [0, 0.1) is 0 Å². The van der Waals surface area contributed by atoms with Gasteiger partial charge in [0.2, 0.25) is 0 Å². The van der Waals surface area contributed by atoms with Gasteiger partial charge >= 0.3 is 5.97 Å². The second-order valence-electron chi connectivity index (χ2n) is 4.60. The highest BCUT2D eigenvalue weighted by atomic mass is 16.5. The lowest BCUT2D eigenvalue weighted by molar-refractivity contribution is -0.136. The van der Waals surface area contributed by atoms with E-state index in [-0.39, 0.29) is 6.42 Å². The van der Waals surface area contributed by atoms with Gasteiger partial charge in [0.05, 0.1) is 20.1 Å². The Morgan fingerprint density at radius 2 is 1.86 bits per heavy atom. The molecule has 110 valence electrons. The minimum absolute atomic E-state index is 0.0854. The Hall–Kier alpha value is -2.49. The van der Waals surface area contributed by atoms with Crippen LogP contribution >= 0.6 is 0 Å². The first-order chi connectivity index (χ1) is 10.2. The molecular formula is C17H18O4. The van der Waals surface area contributed by atoms with Crippen LogP contribution in [-0.4, -0.2) is 24.8 Å². The summed E-state index contributed by atoms with van der Waals surface area (Å²) in [7, 11) is 1.55. The van der Waals surface area contributed by atoms with Crippen LogP contribution in [0.3, 0.4) is 0 Å². The molecule has 4 nitrogen and oxygen atoms in total. The van der Waals surface area contributed by atoms with Crippen molar-refractivity contribution in [1.82, 2.24) is 0 Å². The molecule has 0 atom stereocenters. The highest BCUT2D eigenvalue weighted by molar-refractivity contribution is 5.72. The summed E-state index contributed by atoms with van der Waals surface area (Å²) >= 11 is 0. The molecule has 21 heavy (non-hydrogen) atoms. The first-order valence-electron chi connectivity index (χ1n) is 6.75. The number of benzene rings is 2. The summed E-state index contributed by atoms with van der Waals surface area (Å²) in [6.07, 6.45) is 0.670. The Balaban J connectivity index is 2.08. The largest absolute Gasteiger partial charge is 0.493 e. The second kappa shape index (κ2) is 7.33. The van der Waals surface area contributed by atoms with E-state index >= 15 is 0 Å². The standard InChI is InChI=1S/C17H18O4/c1-20-15-9-5-8-14(12-16(18)19)17(15)21-11-10-13-6-3-2-4-7-13/h2-9H,10-12H2,1H3,(H,18,19). The molecular weight excluding hydrogens is 268 g/mol. The van der Waals surface area contributed by atoms with E-state index in [1.807, 2.05) is 30.3 Å². The zero-order chi connectivity index (χ0) is 15.1. The summed E-state index contributed by atoms with van der Waals surface area (Å²) in [5.41, 5.74) is 1.79. The van der Waals surface area contributed by atoms with Crippen molar-refractivity contribution in [2.45, 2.75) is 12.8 Å². The number of para-hydroxylation sites is 1. The number of ether oxygens (including phenoxy) is 2. The number of aliphatic carboxylic acids is 1. The summed E-state index contributed by atoms with van der Waals surface area (Å²) in [6.45, 7) is 0.469. The minimum atomic E-state index is -0.892. The topological polar surface area (TPSA) is 55.8 Å². The number of hydrogen-bond acceptors (Lipinski definition) is 3. The van der Waals surface area contributed by atoms with E-state index in [1.165, 1.54) is 5.56 Å². The molecule has 0 aliphatic rings. The fraction of sp³-hybridized carbons (Fsp3) is 0.235. The number of methoxy groups -OCH3 is 1. The SMILES string of the molecule is COc1cccc(CC(=O)O)c1OCCc1ccccc1. The molecule has 1 N–H and O–H groups in total. The molecule has 0 saturated heterocycles. The highest BCUT2D eigenvalue weighted by Gasteiger charge is 2.13. The quantitative estimate of drug-likeness (QED) is 0.850. The number of carboxylic acid groups (broad SMARTS) is 1. The zero-order valence-corrected chi connectivity index (χ0v) is 11.9. The first kappa shape index (κ1) is 14.9. The zero-order valence-electron chi connectivity index (χ0n) is 11.9. The van der Waals surface area contributed by atoms with Gasteiger partial charge in [0.25, 0.3) is 0 Å². The van der Waals surface area contributed by atoms with Gasteiger partial charge in [0, 0.05) is 12.0 Å². The lowest BCUT2D eigenvalue weighted by atomic mass is 10.1. The van der Waals surface area contributed by atoms with Crippen LogP contribution in [0.2, 0.25) is 0 Å². The molecule has 0 aromatic heterocycles. The van der Waals surface area contributed by atoms with Crippen LogP contribution in [0.1, 0.15) is 11.1 Å². The summed E-state index contributed by atoms with van der Waals surface area (Å²) in [5.74, 6) is 0.177. The van der Waals surface area contributed by atoms with Gasteiger partial charge in [-0.25, -0.2) is 0 Å². The van der Waals surface area contributed by atoms with E-state index in [0.717, 1.165) is 6.42 Å². The van der Waals surface area contributed by atoms with Gasteiger partial charge in [-0.2, -0.15) is 0 Å². The Morgan fingerprint density at radius 1 is 1.10 bits per heavy atom. The summed E-state index contributed by atoms with van der Waals surface area (Å²) in [4.78, 5) is 10.9. The van der Waals surface area contributed by atoms with Crippen molar-refractivity contribution in [1.29, 1.82) is 0 Å². The molecule has 0 unspecified atom stereocenters. The lowest BCUT2D eigenvalue weighted by Gasteiger charge is -2.14. The van der Waals surface area contributed by atoms with Crippen molar-refractivity contribution in [3.05, 3.63) is 59.7 Å². The molecule has 0 radical (unpaired) electrons. The van der Waals surface area contributed by atoms with Crippen LogP contribution in [0.4, 0.5) is 0 Å². The van der Waals surface area contributed by atoms with Crippen LogP contribution in [-0.2, 0) is 17.6 Å². The number of rotatable bonds is 7. The molecule has 0 bridgehead atoms. The maximum atomic E-state index is 10.9. The van der Waals surface area contributed by atoms with Crippen molar-refractivity contribution in [2.24, 2.45) is 0 Å². The predicted octanol–water partition coefficient (Wildman–Crippen LogP) is 2.94. The monoisotopic (exact) mass is 286 g/mol. The molecule has 0 saturated carbocycles. The molecule has 0 amide bonds. The molecule has 0 heterocycles. The normalized spacial score (nSPS) is 10.1. The van der Waals surface area contributed by atoms with E-state index in [0.29, 0.717) is 23.7 Å². The fourth-order valence-corrected chi connectivity index (χ4v) is 2.10. The molecule has 2 aromatic carbocycles. The summed E-state index contributed by atoms with van der Waals surface area (Å²) < 4.78 is 11.0. The van der Waals surface area contributed by atoms with Gasteiger partial charge in [-0.3, -0.25) is 4.79 Å². The smallest absolute Gasteiger partial charge is 0.307 e. The average molecular weight is 286 g/mol. The van der Waals surface area contributed by atoms with Crippen molar-refractivity contribution in [2.75, 3.05) is 13.7 Å². The molecule has 2 rings (SSSR count). The van der Waals surface area contributed by atoms with Gasteiger partial charge in [-0.05, 0) is 11.6 Å². The number of carbonyl (C=O) groups is 1. The van der Waals surface area contributed by atoms with Crippen LogP contribution in [0.25, 0.3) is 0 Å². The summed E-state index contributed by atoms with van der Waals surface area (Å²) in [6, 6.07) is 15.3. The Kier molecular flexibility index (Phi) is 5.21. The van der Waals surface area contributed by atoms with Crippen LogP contribution < -0.4 is 9.47 Å². The second-order valence-corrected chi connectivity index (χ2v) is 4.60. The molecule has 0 spiro atoms. The van der Waals surface area contributed by atoms with Crippen molar-refractivity contribution < 1.29 is 19.4 Å². The Labute approximate surface area is 123 Å². The minimum Gasteiger partial charge on any atom is -0.493 e. The molecule has 0 aliphatic carbocycles. The van der Waals surface area contributed by atoms with Crippen molar-refractivity contribution in [3.63, 3.8) is 0 Å². The lowest BCUT2D eigenvalue weighted by Crippen LogP contribution is -2.07. The molecule has 4 heteroatoms. The summed E-state index contributed by atoms with van der Waals surface area (Å²) in [5, 5.41) is 8.96. The Bertz CT molecular complexity index is 593. The van der Waals surface area contributed by atoms with Crippen molar-refractivity contribution in [3.8, 4) is 11.5 Å². The third-order valence-corrected chi connectivity index (χ3v) is 3.10. The van der Waals surface area contributed by atoms with Gasteiger partial charge in [0.15, 0.2) is 11.5 Å². The Morgan fingerprint density at radius 3 is 2.52 bits per heavy atom. The highest BCUT2D eigenvalue weighted by Crippen LogP contribution is 2.31. The van der Waals surface area contributed by atoms with Gasteiger partial charge < -0.3 is 14.6 Å². The van der Waals surface area contributed by atoms with Crippen LogP contribution in [0.5, 0.6) is 11.5 Å². The third kappa shape index (κ3) is 4.24. The first-order valence-corrected chi connectivity index (χ1v) is 6.75. The number of carboxylic acids is 1.